The zero-order valence-electron chi connectivity index (χ0n) is 9.80. The summed E-state index contributed by atoms with van der Waals surface area (Å²) in [4.78, 5) is 3.89. The summed E-state index contributed by atoms with van der Waals surface area (Å²) in [6, 6.07) is 2.76. The molecule has 1 aliphatic rings. The number of nitrogens with one attached hydrogen (secondary N) is 1. The Morgan fingerprint density at radius 2 is 2.39 bits per heavy atom. The summed E-state index contributed by atoms with van der Waals surface area (Å²) in [5.74, 6) is 0.242. The number of nitrogens with zero attached hydrogens (tertiary/aromatic N) is 1. The first-order valence-electron chi connectivity index (χ1n) is 5.77. The molecule has 1 atom stereocenters. The van der Waals surface area contributed by atoms with Gasteiger partial charge in [0.05, 0.1) is 11.5 Å². The normalized spacial score (nSPS) is 20.8. The topological polar surface area (TPSA) is 68.3 Å². The Labute approximate surface area is 112 Å². The van der Waals surface area contributed by atoms with Crippen LogP contribution >= 0.6 is 11.6 Å². The van der Waals surface area contributed by atoms with Gasteiger partial charge in [-0.3, -0.25) is 0 Å². The number of rotatable bonds is 4. The van der Waals surface area contributed by atoms with E-state index in [0.717, 1.165) is 19.4 Å². The van der Waals surface area contributed by atoms with Gasteiger partial charge >= 0.3 is 0 Å². The maximum atomic E-state index is 12.0. The van der Waals surface area contributed by atoms with E-state index in [2.05, 4.69) is 9.71 Å². The molecule has 100 valence electrons. The van der Waals surface area contributed by atoms with Gasteiger partial charge in [-0.2, -0.15) is 0 Å². The highest BCUT2D eigenvalue weighted by Crippen LogP contribution is 2.15. The second-order valence-corrected chi connectivity index (χ2v) is 6.40. The van der Waals surface area contributed by atoms with Crippen molar-refractivity contribution >= 4 is 21.6 Å². The third-order valence-electron chi connectivity index (χ3n) is 2.82. The molecule has 2 rings (SSSR count). The fourth-order valence-corrected chi connectivity index (χ4v) is 3.20. The molecule has 5 nitrogen and oxygen atoms in total. The molecule has 0 saturated carbocycles. The van der Waals surface area contributed by atoms with Crippen LogP contribution in [-0.2, 0) is 14.8 Å². The van der Waals surface area contributed by atoms with Gasteiger partial charge in [-0.25, -0.2) is 18.1 Å². The van der Waals surface area contributed by atoms with Gasteiger partial charge in [-0.15, -0.1) is 0 Å². The van der Waals surface area contributed by atoms with Gasteiger partial charge < -0.3 is 4.74 Å². The van der Waals surface area contributed by atoms with Crippen molar-refractivity contribution < 1.29 is 13.2 Å². The molecule has 1 unspecified atom stereocenters. The maximum Gasteiger partial charge on any atom is 0.240 e. The number of sulfonamides is 1. The van der Waals surface area contributed by atoms with E-state index in [0.29, 0.717) is 13.2 Å². The molecule has 0 aromatic carbocycles. The Balaban J connectivity index is 1.98. The van der Waals surface area contributed by atoms with Crippen molar-refractivity contribution in [2.75, 3.05) is 19.8 Å². The molecular weight excluding hydrogens is 276 g/mol. The van der Waals surface area contributed by atoms with Crippen LogP contribution in [-0.4, -0.2) is 33.2 Å². The summed E-state index contributed by atoms with van der Waals surface area (Å²) in [5.41, 5.74) is 0. The minimum Gasteiger partial charge on any atom is -0.381 e. The number of aromatic nitrogens is 1. The van der Waals surface area contributed by atoms with Crippen molar-refractivity contribution in [1.82, 2.24) is 9.71 Å². The molecule has 1 aromatic rings. The highest BCUT2D eigenvalue weighted by molar-refractivity contribution is 7.89. The highest BCUT2D eigenvalue weighted by atomic mass is 35.5. The molecule has 1 saturated heterocycles. The lowest BCUT2D eigenvalue weighted by Gasteiger charge is -2.22. The van der Waals surface area contributed by atoms with Crippen molar-refractivity contribution in [3.8, 4) is 0 Å². The molecule has 1 aromatic heterocycles. The number of halogens is 1. The largest absolute Gasteiger partial charge is 0.381 e. The molecule has 0 spiro atoms. The van der Waals surface area contributed by atoms with Gasteiger partial charge in [0.25, 0.3) is 0 Å². The average molecular weight is 291 g/mol. The second kappa shape index (κ2) is 5.97. The maximum absolute atomic E-state index is 12.0. The minimum absolute atomic E-state index is 0.138. The Kier molecular flexibility index (Phi) is 4.55. The van der Waals surface area contributed by atoms with Crippen LogP contribution in [0.25, 0.3) is 0 Å². The monoisotopic (exact) mass is 290 g/mol. The van der Waals surface area contributed by atoms with E-state index < -0.39 is 10.0 Å². The van der Waals surface area contributed by atoms with Gasteiger partial charge in [0.1, 0.15) is 5.15 Å². The van der Waals surface area contributed by atoms with E-state index in [1.54, 1.807) is 0 Å². The molecule has 0 aliphatic carbocycles. The Bertz CT molecular complexity index is 501. The van der Waals surface area contributed by atoms with E-state index in [-0.39, 0.29) is 16.0 Å². The zero-order valence-corrected chi connectivity index (χ0v) is 11.4. The van der Waals surface area contributed by atoms with Crippen LogP contribution in [0.15, 0.2) is 23.2 Å². The van der Waals surface area contributed by atoms with Crippen molar-refractivity contribution in [2.45, 2.75) is 17.7 Å². The van der Waals surface area contributed by atoms with Gasteiger partial charge in [0.2, 0.25) is 10.0 Å². The number of hydrogen-bond donors (Lipinski definition) is 1. The lowest BCUT2D eigenvalue weighted by molar-refractivity contribution is 0.0568. The van der Waals surface area contributed by atoms with Crippen LogP contribution in [0.2, 0.25) is 5.15 Å². The van der Waals surface area contributed by atoms with Crippen LogP contribution in [0, 0.1) is 5.92 Å². The molecule has 18 heavy (non-hydrogen) atoms. The molecule has 2 heterocycles. The first-order valence-corrected chi connectivity index (χ1v) is 7.63. The summed E-state index contributed by atoms with van der Waals surface area (Å²) < 4.78 is 31.9. The summed E-state index contributed by atoms with van der Waals surface area (Å²) in [6.45, 7) is 1.77. The molecule has 1 N–H and O–H groups in total. The number of hydrogen-bond acceptors (Lipinski definition) is 4. The van der Waals surface area contributed by atoms with E-state index in [9.17, 15) is 8.42 Å². The molecule has 1 fully saturated rings. The van der Waals surface area contributed by atoms with Gasteiger partial charge in [-0.1, -0.05) is 11.6 Å². The molecular formula is C11H15ClN2O3S. The second-order valence-electron chi connectivity index (χ2n) is 4.25. The van der Waals surface area contributed by atoms with Crippen LogP contribution in [0.3, 0.4) is 0 Å². The van der Waals surface area contributed by atoms with Crippen molar-refractivity contribution in [3.05, 3.63) is 23.5 Å². The van der Waals surface area contributed by atoms with Crippen molar-refractivity contribution in [1.29, 1.82) is 0 Å². The van der Waals surface area contributed by atoms with Crippen molar-refractivity contribution in [3.63, 3.8) is 0 Å². The zero-order chi connectivity index (χ0) is 13.0. The van der Waals surface area contributed by atoms with Gasteiger partial charge in [-0.05, 0) is 30.9 Å². The quantitative estimate of drug-likeness (QED) is 0.852. The summed E-state index contributed by atoms with van der Waals surface area (Å²) in [7, 11) is -3.51. The average Bonchev–Trinajstić information content (AvgIpc) is 2.38. The lowest BCUT2D eigenvalue weighted by Crippen LogP contribution is -2.33. The van der Waals surface area contributed by atoms with Crippen LogP contribution in [0.4, 0.5) is 0 Å². The first-order chi connectivity index (χ1) is 8.58. The van der Waals surface area contributed by atoms with Crippen LogP contribution in [0.1, 0.15) is 12.8 Å². The van der Waals surface area contributed by atoms with Gasteiger partial charge in [0.15, 0.2) is 0 Å². The molecule has 0 radical (unpaired) electrons. The Hall–Kier alpha value is -0.690. The SMILES string of the molecule is O=S(=O)(NCC1CCCOC1)c1ccnc(Cl)c1. The lowest BCUT2D eigenvalue weighted by atomic mass is 10.0. The molecule has 7 heteroatoms. The first kappa shape index (κ1) is 13.7. The summed E-state index contributed by atoms with van der Waals surface area (Å²) in [6.07, 6.45) is 3.34. The third kappa shape index (κ3) is 3.65. The Morgan fingerprint density at radius 1 is 1.56 bits per heavy atom. The predicted octanol–water partition coefficient (Wildman–Crippen LogP) is 1.44. The molecule has 0 bridgehead atoms. The van der Waals surface area contributed by atoms with Crippen LogP contribution in [0.5, 0.6) is 0 Å². The smallest absolute Gasteiger partial charge is 0.240 e. The minimum atomic E-state index is -3.51. The number of pyridine rings is 1. The standard InChI is InChI=1S/C11H15ClN2O3S/c12-11-6-10(3-4-13-11)18(15,16)14-7-9-2-1-5-17-8-9/h3-4,6,9,14H,1-2,5,7-8H2. The molecule has 1 aliphatic heterocycles. The fourth-order valence-electron chi connectivity index (χ4n) is 1.83. The van der Waals surface area contributed by atoms with Gasteiger partial charge in [0, 0.05) is 19.3 Å². The van der Waals surface area contributed by atoms with E-state index in [4.69, 9.17) is 16.3 Å². The summed E-state index contributed by atoms with van der Waals surface area (Å²) >= 11 is 5.68. The highest BCUT2D eigenvalue weighted by Gasteiger charge is 2.19. The van der Waals surface area contributed by atoms with E-state index >= 15 is 0 Å². The predicted molar refractivity (Wildman–Crippen MR) is 68.0 cm³/mol. The third-order valence-corrected chi connectivity index (χ3v) is 4.45. The molecule has 0 amide bonds. The fraction of sp³-hybridized carbons (Fsp3) is 0.545. The summed E-state index contributed by atoms with van der Waals surface area (Å²) in [5, 5.41) is 0.166. The number of ether oxygens (including phenoxy) is 1. The van der Waals surface area contributed by atoms with Crippen molar-refractivity contribution in [2.24, 2.45) is 5.92 Å². The van der Waals surface area contributed by atoms with E-state index in [1.165, 1.54) is 18.3 Å². The van der Waals surface area contributed by atoms with Crippen LogP contribution < -0.4 is 4.72 Å². The van der Waals surface area contributed by atoms with E-state index in [1.807, 2.05) is 0 Å². The Morgan fingerprint density at radius 3 is 3.06 bits per heavy atom.